The van der Waals surface area contributed by atoms with Gasteiger partial charge in [0.05, 0.1) is 6.04 Å². The van der Waals surface area contributed by atoms with E-state index < -0.39 is 6.10 Å². The van der Waals surface area contributed by atoms with Crippen LogP contribution in [0.2, 0.25) is 0 Å². The van der Waals surface area contributed by atoms with Gasteiger partial charge in [-0.15, -0.1) is 0 Å². The minimum Gasteiger partial charge on any atom is -0.491 e. The summed E-state index contributed by atoms with van der Waals surface area (Å²) in [7, 11) is 0. The third-order valence-corrected chi connectivity index (χ3v) is 3.67. The average Bonchev–Trinajstić information content (AvgIpc) is 2.50. The number of hydrogen-bond acceptors (Lipinski definition) is 5. The van der Waals surface area contributed by atoms with Crippen LogP contribution in [-0.4, -0.2) is 54.3 Å². The molecule has 6 heteroatoms. The van der Waals surface area contributed by atoms with E-state index in [2.05, 4.69) is 5.32 Å². The molecule has 1 heterocycles. The highest BCUT2D eigenvalue weighted by Crippen LogP contribution is 2.12. The molecule has 6 nitrogen and oxygen atoms in total. The number of benzene rings is 1. The number of nitrogens with zero attached hydrogens (tertiary/aromatic N) is 1. The van der Waals surface area contributed by atoms with Crippen molar-refractivity contribution in [2.45, 2.75) is 25.6 Å². The number of rotatable bonds is 6. The number of nitrogens with two attached hydrogens (primary N) is 1. The fourth-order valence-corrected chi connectivity index (χ4v) is 2.32. The van der Waals surface area contributed by atoms with Crippen LogP contribution in [-0.2, 0) is 11.3 Å². The quantitative estimate of drug-likeness (QED) is 0.670. The van der Waals surface area contributed by atoms with Gasteiger partial charge in [-0.25, -0.2) is 0 Å². The Kier molecular flexibility index (Phi) is 5.55. The molecule has 0 saturated carbocycles. The maximum atomic E-state index is 11.5. The first kappa shape index (κ1) is 15.8. The Morgan fingerprint density at radius 1 is 1.48 bits per heavy atom. The monoisotopic (exact) mass is 293 g/mol. The maximum absolute atomic E-state index is 11.5. The third-order valence-electron chi connectivity index (χ3n) is 3.67. The molecule has 1 aliphatic heterocycles. The molecule has 1 aromatic carbocycles. The van der Waals surface area contributed by atoms with Crippen LogP contribution in [0.4, 0.5) is 0 Å². The second-order valence-electron chi connectivity index (χ2n) is 5.27. The lowest BCUT2D eigenvalue weighted by atomic mass is 10.2. The highest BCUT2D eigenvalue weighted by atomic mass is 16.5. The van der Waals surface area contributed by atoms with Gasteiger partial charge in [0.25, 0.3) is 0 Å². The van der Waals surface area contributed by atoms with Gasteiger partial charge in [-0.2, -0.15) is 0 Å². The summed E-state index contributed by atoms with van der Waals surface area (Å²) in [5, 5.41) is 12.8. The van der Waals surface area contributed by atoms with E-state index in [1.54, 1.807) is 0 Å². The minimum absolute atomic E-state index is 0.00624. The van der Waals surface area contributed by atoms with Crippen LogP contribution in [0.25, 0.3) is 0 Å². The lowest BCUT2D eigenvalue weighted by Crippen LogP contribution is -2.55. The molecule has 2 atom stereocenters. The van der Waals surface area contributed by atoms with Crippen molar-refractivity contribution >= 4 is 5.91 Å². The van der Waals surface area contributed by atoms with Crippen molar-refractivity contribution in [2.75, 3.05) is 26.2 Å². The smallest absolute Gasteiger partial charge is 0.237 e. The predicted molar refractivity (Wildman–Crippen MR) is 79.9 cm³/mol. The first-order valence-electron chi connectivity index (χ1n) is 7.22. The predicted octanol–water partition coefficient (Wildman–Crippen LogP) is -0.295. The van der Waals surface area contributed by atoms with Gasteiger partial charge in [-0.1, -0.05) is 12.1 Å². The van der Waals surface area contributed by atoms with Gasteiger partial charge < -0.3 is 20.9 Å². The van der Waals surface area contributed by atoms with E-state index in [-0.39, 0.29) is 18.6 Å². The number of aliphatic hydroxyl groups excluding tert-OH is 1. The Morgan fingerprint density at radius 3 is 2.86 bits per heavy atom. The van der Waals surface area contributed by atoms with E-state index >= 15 is 0 Å². The van der Waals surface area contributed by atoms with Crippen molar-refractivity contribution in [2.24, 2.45) is 5.73 Å². The number of carbonyl (C=O) groups excluding carboxylic acids is 1. The van der Waals surface area contributed by atoms with Crippen molar-refractivity contribution < 1.29 is 14.6 Å². The molecule has 2 unspecified atom stereocenters. The third kappa shape index (κ3) is 4.42. The normalized spacial score (nSPS) is 20.9. The summed E-state index contributed by atoms with van der Waals surface area (Å²) in [6.45, 7) is 4.33. The Balaban J connectivity index is 1.78. The number of nitrogens with one attached hydrogen (secondary N) is 1. The van der Waals surface area contributed by atoms with Gasteiger partial charge in [0.1, 0.15) is 18.5 Å². The van der Waals surface area contributed by atoms with Gasteiger partial charge in [0, 0.05) is 26.2 Å². The Bertz CT molecular complexity index is 464. The fraction of sp³-hybridized carbons (Fsp3) is 0.533. The van der Waals surface area contributed by atoms with Gasteiger partial charge in [-0.05, 0) is 24.6 Å². The second kappa shape index (κ2) is 7.40. The molecule has 1 saturated heterocycles. The number of amides is 1. The van der Waals surface area contributed by atoms with E-state index in [4.69, 9.17) is 10.5 Å². The Hall–Kier alpha value is -1.63. The number of carbonyl (C=O) groups is 1. The van der Waals surface area contributed by atoms with Crippen LogP contribution < -0.4 is 15.8 Å². The number of β-amino-alcohol motifs (C(OH)–C–C–N with tert-alkyl or cyclic N) is 1. The van der Waals surface area contributed by atoms with Crippen molar-refractivity contribution in [3.05, 3.63) is 29.8 Å². The molecule has 0 aromatic heterocycles. The van der Waals surface area contributed by atoms with Gasteiger partial charge in [0.2, 0.25) is 5.91 Å². The van der Waals surface area contributed by atoms with E-state index in [9.17, 15) is 9.90 Å². The van der Waals surface area contributed by atoms with Gasteiger partial charge >= 0.3 is 0 Å². The summed E-state index contributed by atoms with van der Waals surface area (Å²) in [5.74, 6) is 0.711. The summed E-state index contributed by atoms with van der Waals surface area (Å²) >= 11 is 0. The Morgan fingerprint density at radius 2 is 2.19 bits per heavy atom. The lowest BCUT2D eigenvalue weighted by Gasteiger charge is -2.33. The minimum atomic E-state index is -0.632. The number of ether oxygens (including phenoxy) is 1. The molecule has 2 rings (SSSR count). The van der Waals surface area contributed by atoms with Crippen LogP contribution >= 0.6 is 0 Å². The van der Waals surface area contributed by atoms with Crippen LogP contribution in [0.3, 0.4) is 0 Å². The summed E-state index contributed by atoms with van der Waals surface area (Å²) in [6, 6.07) is 7.27. The van der Waals surface area contributed by atoms with E-state index in [0.29, 0.717) is 25.4 Å². The average molecular weight is 293 g/mol. The highest BCUT2D eigenvalue weighted by Gasteiger charge is 2.26. The second-order valence-corrected chi connectivity index (χ2v) is 5.27. The first-order valence-corrected chi connectivity index (χ1v) is 7.22. The molecule has 116 valence electrons. The van der Waals surface area contributed by atoms with Crippen molar-refractivity contribution in [3.63, 3.8) is 0 Å². The fourth-order valence-electron chi connectivity index (χ4n) is 2.32. The Labute approximate surface area is 124 Å². The summed E-state index contributed by atoms with van der Waals surface area (Å²) in [6.07, 6.45) is -0.632. The molecule has 4 N–H and O–H groups in total. The SMILES string of the molecule is CC1C(=O)NCCN1CC(O)COc1ccc(CN)cc1. The van der Waals surface area contributed by atoms with Crippen LogP contribution in [0, 0.1) is 0 Å². The molecule has 1 amide bonds. The number of aliphatic hydroxyl groups is 1. The molecule has 21 heavy (non-hydrogen) atoms. The van der Waals surface area contributed by atoms with Crippen LogP contribution in [0.5, 0.6) is 5.75 Å². The number of piperazine rings is 1. The van der Waals surface area contributed by atoms with Crippen molar-refractivity contribution in [1.29, 1.82) is 0 Å². The summed E-state index contributed by atoms with van der Waals surface area (Å²) in [5.41, 5.74) is 6.57. The molecule has 0 radical (unpaired) electrons. The van der Waals surface area contributed by atoms with Crippen LogP contribution in [0.1, 0.15) is 12.5 Å². The van der Waals surface area contributed by atoms with E-state index in [1.807, 2.05) is 36.1 Å². The molecule has 1 fully saturated rings. The van der Waals surface area contributed by atoms with Gasteiger partial charge in [0.15, 0.2) is 0 Å². The zero-order chi connectivity index (χ0) is 15.2. The maximum Gasteiger partial charge on any atom is 0.237 e. The van der Waals surface area contributed by atoms with E-state index in [0.717, 1.165) is 12.1 Å². The molecule has 1 aliphatic rings. The summed E-state index contributed by atoms with van der Waals surface area (Å²) < 4.78 is 5.55. The topological polar surface area (TPSA) is 87.8 Å². The molecular formula is C15H23N3O3. The van der Waals surface area contributed by atoms with Gasteiger partial charge in [-0.3, -0.25) is 9.69 Å². The zero-order valence-corrected chi connectivity index (χ0v) is 12.3. The standard InChI is InChI=1S/C15H23N3O3/c1-11-15(20)17-6-7-18(11)9-13(19)10-21-14-4-2-12(8-16)3-5-14/h2-5,11,13,19H,6-10,16H2,1H3,(H,17,20). The highest BCUT2D eigenvalue weighted by molar-refractivity contribution is 5.81. The molecule has 0 aliphatic carbocycles. The lowest BCUT2D eigenvalue weighted by molar-refractivity contribution is -0.129. The van der Waals surface area contributed by atoms with Crippen LogP contribution in [0.15, 0.2) is 24.3 Å². The zero-order valence-electron chi connectivity index (χ0n) is 12.3. The summed E-state index contributed by atoms with van der Waals surface area (Å²) in [4.78, 5) is 13.5. The largest absolute Gasteiger partial charge is 0.491 e. The molecule has 0 spiro atoms. The molecule has 0 bridgehead atoms. The molecular weight excluding hydrogens is 270 g/mol. The number of hydrogen-bond donors (Lipinski definition) is 3. The first-order chi connectivity index (χ1) is 10.1. The molecule has 1 aromatic rings. The van der Waals surface area contributed by atoms with E-state index in [1.165, 1.54) is 0 Å². The van der Waals surface area contributed by atoms with Crippen molar-refractivity contribution in [1.82, 2.24) is 10.2 Å². The van der Waals surface area contributed by atoms with Crippen molar-refractivity contribution in [3.8, 4) is 5.75 Å².